The number of rotatable bonds is 5. The first-order valence-corrected chi connectivity index (χ1v) is 6.09. The van der Waals surface area contributed by atoms with Crippen LogP contribution in [0.25, 0.3) is 0 Å². The number of amides is 1. The summed E-state index contributed by atoms with van der Waals surface area (Å²) in [4.78, 5) is 29.6. The topological polar surface area (TPSA) is 101 Å². The predicted octanol–water partition coefficient (Wildman–Crippen LogP) is 1.71. The molecule has 0 aliphatic rings. The highest BCUT2D eigenvalue weighted by molar-refractivity contribution is 5.89. The number of nitrogens with zero attached hydrogens (tertiary/aromatic N) is 2. The van der Waals surface area contributed by atoms with Crippen LogP contribution in [0.1, 0.15) is 23.0 Å². The number of carboxylic acid groups (broad SMARTS) is 1. The Kier molecular flexibility index (Phi) is 4.45. The van der Waals surface area contributed by atoms with E-state index in [4.69, 9.17) is 9.84 Å². The summed E-state index contributed by atoms with van der Waals surface area (Å²) in [5.74, 6) is -0.798. The maximum absolute atomic E-state index is 11.0. The lowest BCUT2D eigenvalue weighted by atomic mass is 10.2. The Hall–Kier alpha value is -2.96. The minimum Gasteiger partial charge on any atom is -0.487 e. The first-order valence-electron chi connectivity index (χ1n) is 6.09. The zero-order valence-electron chi connectivity index (χ0n) is 11.2. The maximum atomic E-state index is 11.0. The largest absolute Gasteiger partial charge is 0.487 e. The highest BCUT2D eigenvalue weighted by Gasteiger charge is 2.11. The van der Waals surface area contributed by atoms with E-state index in [2.05, 4.69) is 15.3 Å². The number of aromatic carboxylic acids is 1. The molecular formula is C14H13N3O4. The molecule has 0 bridgehead atoms. The van der Waals surface area contributed by atoms with Crippen LogP contribution in [0, 0.1) is 0 Å². The van der Waals surface area contributed by atoms with Gasteiger partial charge in [-0.05, 0) is 12.1 Å². The van der Waals surface area contributed by atoms with Gasteiger partial charge in [0, 0.05) is 24.9 Å². The van der Waals surface area contributed by atoms with Gasteiger partial charge < -0.3 is 15.2 Å². The number of carbonyl (C=O) groups is 2. The Morgan fingerprint density at radius 1 is 1.38 bits per heavy atom. The highest BCUT2D eigenvalue weighted by atomic mass is 16.5. The zero-order valence-corrected chi connectivity index (χ0v) is 11.2. The quantitative estimate of drug-likeness (QED) is 0.868. The van der Waals surface area contributed by atoms with E-state index in [1.807, 2.05) is 0 Å². The first-order chi connectivity index (χ1) is 10.1. The van der Waals surface area contributed by atoms with Gasteiger partial charge in [0.2, 0.25) is 5.91 Å². The second-order valence-electron chi connectivity index (χ2n) is 4.19. The molecule has 0 atom stereocenters. The molecule has 1 amide bonds. The molecule has 1 aromatic heterocycles. The van der Waals surface area contributed by atoms with E-state index in [9.17, 15) is 9.59 Å². The smallest absolute Gasteiger partial charge is 0.339 e. The predicted molar refractivity (Wildman–Crippen MR) is 74.1 cm³/mol. The van der Waals surface area contributed by atoms with Gasteiger partial charge in [0.1, 0.15) is 24.2 Å². The third kappa shape index (κ3) is 4.00. The normalized spacial score (nSPS) is 9.95. The Balaban J connectivity index is 2.10. The molecule has 2 aromatic rings. The SMILES string of the molecule is CC(=O)Nc1cccc(OCc2ncncc2C(=O)O)c1. The van der Waals surface area contributed by atoms with Gasteiger partial charge in [-0.3, -0.25) is 4.79 Å². The van der Waals surface area contributed by atoms with Crippen LogP contribution in [-0.2, 0) is 11.4 Å². The number of nitrogens with one attached hydrogen (secondary N) is 1. The molecule has 2 rings (SSSR count). The molecular weight excluding hydrogens is 274 g/mol. The summed E-state index contributed by atoms with van der Waals surface area (Å²) in [5, 5.41) is 11.7. The summed E-state index contributed by atoms with van der Waals surface area (Å²) in [6.45, 7) is 1.40. The lowest BCUT2D eigenvalue weighted by Crippen LogP contribution is -2.09. The summed E-state index contributed by atoms with van der Waals surface area (Å²) in [7, 11) is 0. The molecule has 0 saturated carbocycles. The number of aromatic nitrogens is 2. The minimum absolute atomic E-state index is 0.00415. The molecule has 108 valence electrons. The van der Waals surface area contributed by atoms with Crippen LogP contribution in [0.3, 0.4) is 0 Å². The van der Waals surface area contributed by atoms with E-state index in [1.54, 1.807) is 24.3 Å². The van der Waals surface area contributed by atoms with Crippen LogP contribution in [-0.4, -0.2) is 27.0 Å². The molecule has 0 aliphatic carbocycles. The van der Waals surface area contributed by atoms with Gasteiger partial charge in [-0.15, -0.1) is 0 Å². The van der Waals surface area contributed by atoms with Gasteiger partial charge >= 0.3 is 5.97 Å². The number of hydrogen-bond donors (Lipinski definition) is 2. The van der Waals surface area contributed by atoms with Crippen molar-refractivity contribution in [3.05, 3.63) is 48.0 Å². The third-order valence-corrected chi connectivity index (χ3v) is 2.56. The van der Waals surface area contributed by atoms with E-state index in [0.717, 1.165) is 0 Å². The van der Waals surface area contributed by atoms with Crippen molar-refractivity contribution in [2.75, 3.05) is 5.32 Å². The molecule has 0 spiro atoms. The number of benzene rings is 1. The van der Waals surface area contributed by atoms with Gasteiger partial charge in [0.25, 0.3) is 0 Å². The summed E-state index contributed by atoms with van der Waals surface area (Å²) in [5.41, 5.74) is 0.874. The average Bonchev–Trinajstić information content (AvgIpc) is 2.45. The lowest BCUT2D eigenvalue weighted by molar-refractivity contribution is -0.114. The lowest BCUT2D eigenvalue weighted by Gasteiger charge is -2.09. The van der Waals surface area contributed by atoms with Crippen molar-refractivity contribution < 1.29 is 19.4 Å². The van der Waals surface area contributed by atoms with E-state index in [1.165, 1.54) is 19.4 Å². The van der Waals surface area contributed by atoms with Crippen molar-refractivity contribution in [1.29, 1.82) is 0 Å². The molecule has 0 saturated heterocycles. The fourth-order valence-electron chi connectivity index (χ4n) is 1.67. The summed E-state index contributed by atoms with van der Waals surface area (Å²) >= 11 is 0. The molecule has 0 unspecified atom stereocenters. The van der Waals surface area contributed by atoms with Crippen molar-refractivity contribution in [2.45, 2.75) is 13.5 Å². The van der Waals surface area contributed by atoms with Crippen molar-refractivity contribution in [3.63, 3.8) is 0 Å². The monoisotopic (exact) mass is 287 g/mol. The summed E-state index contributed by atoms with van der Waals surface area (Å²) in [6.07, 6.45) is 2.49. The van der Waals surface area contributed by atoms with Gasteiger partial charge in [0.15, 0.2) is 0 Å². The van der Waals surface area contributed by atoms with Gasteiger partial charge in [-0.2, -0.15) is 0 Å². The van der Waals surface area contributed by atoms with Crippen molar-refractivity contribution in [2.24, 2.45) is 0 Å². The molecule has 21 heavy (non-hydrogen) atoms. The molecule has 7 nitrogen and oxygen atoms in total. The minimum atomic E-state index is -1.11. The molecule has 0 aliphatic heterocycles. The number of anilines is 1. The van der Waals surface area contributed by atoms with Crippen LogP contribution >= 0.6 is 0 Å². The number of hydrogen-bond acceptors (Lipinski definition) is 5. The fourth-order valence-corrected chi connectivity index (χ4v) is 1.67. The molecule has 0 fully saturated rings. The van der Waals surface area contributed by atoms with E-state index < -0.39 is 5.97 Å². The van der Waals surface area contributed by atoms with Crippen LogP contribution < -0.4 is 10.1 Å². The first kappa shape index (κ1) is 14.4. The third-order valence-electron chi connectivity index (χ3n) is 2.56. The molecule has 1 aromatic carbocycles. The van der Waals surface area contributed by atoms with Gasteiger partial charge in [-0.1, -0.05) is 6.07 Å². The molecule has 0 radical (unpaired) electrons. The molecule has 7 heteroatoms. The standard InChI is InChI=1S/C14H13N3O4/c1-9(18)17-10-3-2-4-11(5-10)21-7-13-12(14(19)20)6-15-8-16-13/h2-6,8H,7H2,1H3,(H,17,18)(H,19,20). The highest BCUT2D eigenvalue weighted by Crippen LogP contribution is 2.18. The van der Waals surface area contributed by atoms with Crippen LogP contribution in [0.2, 0.25) is 0 Å². The maximum Gasteiger partial charge on any atom is 0.339 e. The Morgan fingerprint density at radius 2 is 2.19 bits per heavy atom. The Bertz CT molecular complexity index is 673. The second-order valence-corrected chi connectivity index (χ2v) is 4.19. The zero-order chi connectivity index (χ0) is 15.2. The average molecular weight is 287 g/mol. The Labute approximate surface area is 120 Å². The van der Waals surface area contributed by atoms with E-state index >= 15 is 0 Å². The van der Waals surface area contributed by atoms with Crippen molar-refractivity contribution in [1.82, 2.24) is 9.97 Å². The van der Waals surface area contributed by atoms with E-state index in [0.29, 0.717) is 11.4 Å². The van der Waals surface area contributed by atoms with Gasteiger partial charge in [-0.25, -0.2) is 14.8 Å². The number of carboxylic acids is 1. The van der Waals surface area contributed by atoms with Crippen molar-refractivity contribution in [3.8, 4) is 5.75 Å². The fraction of sp³-hybridized carbons (Fsp3) is 0.143. The molecule has 2 N–H and O–H groups in total. The summed E-state index contributed by atoms with van der Waals surface area (Å²) < 4.78 is 5.50. The number of ether oxygens (including phenoxy) is 1. The van der Waals surface area contributed by atoms with Crippen LogP contribution in [0.5, 0.6) is 5.75 Å². The second kappa shape index (κ2) is 6.47. The number of carbonyl (C=O) groups excluding carboxylic acids is 1. The molecule has 1 heterocycles. The summed E-state index contributed by atoms with van der Waals surface area (Å²) in [6, 6.07) is 6.79. The Morgan fingerprint density at radius 3 is 2.90 bits per heavy atom. The van der Waals surface area contributed by atoms with Crippen molar-refractivity contribution >= 4 is 17.6 Å². The van der Waals surface area contributed by atoms with Crippen LogP contribution in [0.4, 0.5) is 5.69 Å². The van der Waals surface area contributed by atoms with Gasteiger partial charge in [0.05, 0.1) is 5.69 Å². The van der Waals surface area contributed by atoms with Crippen LogP contribution in [0.15, 0.2) is 36.8 Å². The van der Waals surface area contributed by atoms with E-state index in [-0.39, 0.29) is 23.8 Å².